The monoisotopic (exact) mass is 288 g/mol. The third-order valence-electron chi connectivity index (χ3n) is 5.11. The number of anilines is 1. The van der Waals surface area contributed by atoms with Crippen molar-refractivity contribution in [2.24, 2.45) is 17.6 Å². The Morgan fingerprint density at radius 3 is 2.43 bits per heavy atom. The van der Waals surface area contributed by atoms with Crippen LogP contribution in [0.5, 0.6) is 0 Å². The van der Waals surface area contributed by atoms with Crippen LogP contribution in [0.1, 0.15) is 51.2 Å². The minimum Gasteiger partial charge on any atom is -0.371 e. The van der Waals surface area contributed by atoms with E-state index in [1.807, 2.05) is 0 Å². The molecule has 2 N–H and O–H groups in total. The largest absolute Gasteiger partial charge is 0.371 e. The molecular formula is C19H32N2. The second-order valence-electron chi connectivity index (χ2n) is 7.06. The van der Waals surface area contributed by atoms with E-state index in [1.165, 1.54) is 42.7 Å². The summed E-state index contributed by atoms with van der Waals surface area (Å²) in [5, 5.41) is 0. The maximum Gasteiger partial charge on any atom is 0.0396 e. The molecule has 2 nitrogen and oxygen atoms in total. The van der Waals surface area contributed by atoms with Crippen LogP contribution in [0.3, 0.4) is 0 Å². The third kappa shape index (κ3) is 4.23. The van der Waals surface area contributed by atoms with Gasteiger partial charge < -0.3 is 10.6 Å². The summed E-state index contributed by atoms with van der Waals surface area (Å²) in [5.74, 6) is 1.73. The van der Waals surface area contributed by atoms with Gasteiger partial charge >= 0.3 is 0 Å². The first kappa shape index (κ1) is 16.4. The van der Waals surface area contributed by atoms with Gasteiger partial charge in [0.05, 0.1) is 0 Å². The number of nitrogens with two attached hydrogens (primary N) is 1. The molecule has 0 amide bonds. The molecule has 0 spiro atoms. The van der Waals surface area contributed by atoms with Crippen LogP contribution in [0.2, 0.25) is 0 Å². The van der Waals surface area contributed by atoms with E-state index in [0.29, 0.717) is 0 Å². The van der Waals surface area contributed by atoms with E-state index in [4.69, 9.17) is 5.73 Å². The predicted octanol–water partition coefficient (Wildman–Crippen LogP) is 4.15. The van der Waals surface area contributed by atoms with Gasteiger partial charge in [-0.2, -0.15) is 0 Å². The zero-order valence-corrected chi connectivity index (χ0v) is 14.2. The Balaban J connectivity index is 2.01. The van der Waals surface area contributed by atoms with Crippen molar-refractivity contribution in [3.63, 3.8) is 0 Å². The number of aryl methyl sites for hydroxylation is 1. The fourth-order valence-corrected chi connectivity index (χ4v) is 3.45. The number of piperidine rings is 1. The standard InChI is InChI=1S/C19H32N2/c1-5-18(20)13-16-6-7-19(15(4)12-16)21-10-8-17(9-11-21)14(2)3/h6-7,12,14,17-18H,5,8-11,13,20H2,1-4H3. The van der Waals surface area contributed by atoms with Crippen molar-refractivity contribution in [2.75, 3.05) is 18.0 Å². The molecule has 1 heterocycles. The summed E-state index contributed by atoms with van der Waals surface area (Å²) in [6.07, 6.45) is 4.70. The molecule has 1 aliphatic heterocycles. The summed E-state index contributed by atoms with van der Waals surface area (Å²) < 4.78 is 0. The summed E-state index contributed by atoms with van der Waals surface area (Å²) >= 11 is 0. The molecule has 0 aliphatic carbocycles. The summed E-state index contributed by atoms with van der Waals surface area (Å²) in [7, 11) is 0. The molecule has 1 atom stereocenters. The fourth-order valence-electron chi connectivity index (χ4n) is 3.45. The lowest BCUT2D eigenvalue weighted by Gasteiger charge is -2.36. The minimum atomic E-state index is 0.289. The Bertz CT molecular complexity index is 445. The van der Waals surface area contributed by atoms with E-state index in [1.54, 1.807) is 0 Å². The van der Waals surface area contributed by atoms with Gasteiger partial charge in [0.2, 0.25) is 0 Å². The van der Waals surface area contributed by atoms with E-state index >= 15 is 0 Å². The lowest BCUT2D eigenvalue weighted by Crippen LogP contribution is -2.35. The van der Waals surface area contributed by atoms with Crippen molar-refractivity contribution >= 4 is 5.69 Å². The summed E-state index contributed by atoms with van der Waals surface area (Å²) in [6.45, 7) is 11.5. The summed E-state index contributed by atoms with van der Waals surface area (Å²) in [6, 6.07) is 7.20. The van der Waals surface area contributed by atoms with Gasteiger partial charge in [-0.25, -0.2) is 0 Å². The Labute approximate surface area is 130 Å². The Morgan fingerprint density at radius 1 is 1.24 bits per heavy atom. The van der Waals surface area contributed by atoms with Crippen LogP contribution in [0, 0.1) is 18.8 Å². The average Bonchev–Trinajstić information content (AvgIpc) is 2.47. The maximum absolute atomic E-state index is 6.07. The Kier molecular flexibility index (Phi) is 5.69. The van der Waals surface area contributed by atoms with E-state index < -0.39 is 0 Å². The van der Waals surface area contributed by atoms with Crippen molar-refractivity contribution in [1.29, 1.82) is 0 Å². The molecular weight excluding hydrogens is 256 g/mol. The van der Waals surface area contributed by atoms with Gasteiger partial charge in [0.25, 0.3) is 0 Å². The first-order valence-corrected chi connectivity index (χ1v) is 8.61. The SMILES string of the molecule is CCC(N)Cc1ccc(N2CCC(C(C)C)CC2)c(C)c1. The van der Waals surface area contributed by atoms with Gasteiger partial charge in [-0.05, 0) is 61.6 Å². The van der Waals surface area contributed by atoms with Crippen LogP contribution in [-0.4, -0.2) is 19.1 Å². The van der Waals surface area contributed by atoms with Crippen LogP contribution in [0.4, 0.5) is 5.69 Å². The number of hydrogen-bond acceptors (Lipinski definition) is 2. The molecule has 118 valence electrons. The molecule has 1 saturated heterocycles. The molecule has 0 radical (unpaired) electrons. The highest BCUT2D eigenvalue weighted by Gasteiger charge is 2.22. The quantitative estimate of drug-likeness (QED) is 0.882. The van der Waals surface area contributed by atoms with Crippen molar-refractivity contribution < 1.29 is 0 Å². The minimum absolute atomic E-state index is 0.289. The molecule has 1 fully saturated rings. The number of nitrogens with zero attached hydrogens (tertiary/aromatic N) is 1. The molecule has 2 rings (SSSR count). The van der Waals surface area contributed by atoms with Gasteiger partial charge in [-0.3, -0.25) is 0 Å². The molecule has 1 aliphatic rings. The topological polar surface area (TPSA) is 29.3 Å². The number of rotatable bonds is 5. The second kappa shape index (κ2) is 7.31. The molecule has 1 aromatic rings. The molecule has 0 bridgehead atoms. The smallest absolute Gasteiger partial charge is 0.0396 e. The highest BCUT2D eigenvalue weighted by molar-refractivity contribution is 5.54. The van der Waals surface area contributed by atoms with E-state index in [2.05, 4.69) is 50.8 Å². The molecule has 1 unspecified atom stereocenters. The van der Waals surface area contributed by atoms with Gasteiger partial charge in [0.1, 0.15) is 0 Å². The van der Waals surface area contributed by atoms with E-state index in [0.717, 1.165) is 24.7 Å². The van der Waals surface area contributed by atoms with Crippen LogP contribution in [0.15, 0.2) is 18.2 Å². The van der Waals surface area contributed by atoms with Crippen molar-refractivity contribution in [3.05, 3.63) is 29.3 Å². The van der Waals surface area contributed by atoms with Gasteiger partial charge in [0.15, 0.2) is 0 Å². The zero-order valence-electron chi connectivity index (χ0n) is 14.2. The van der Waals surface area contributed by atoms with Crippen molar-refractivity contribution in [3.8, 4) is 0 Å². The Morgan fingerprint density at radius 2 is 1.90 bits per heavy atom. The molecule has 2 heteroatoms. The maximum atomic E-state index is 6.07. The van der Waals surface area contributed by atoms with Gasteiger partial charge in [-0.1, -0.05) is 32.9 Å². The number of hydrogen-bond donors (Lipinski definition) is 1. The van der Waals surface area contributed by atoms with Crippen LogP contribution < -0.4 is 10.6 Å². The third-order valence-corrected chi connectivity index (χ3v) is 5.11. The van der Waals surface area contributed by atoms with Crippen LogP contribution in [0.25, 0.3) is 0 Å². The normalized spacial score (nSPS) is 18.3. The first-order chi connectivity index (χ1) is 10.0. The Hall–Kier alpha value is -1.02. The van der Waals surface area contributed by atoms with E-state index in [9.17, 15) is 0 Å². The highest BCUT2D eigenvalue weighted by atomic mass is 15.1. The zero-order chi connectivity index (χ0) is 15.4. The number of benzene rings is 1. The van der Waals surface area contributed by atoms with E-state index in [-0.39, 0.29) is 6.04 Å². The molecule has 1 aromatic carbocycles. The predicted molar refractivity (Wildman–Crippen MR) is 92.9 cm³/mol. The highest BCUT2D eigenvalue weighted by Crippen LogP contribution is 2.30. The van der Waals surface area contributed by atoms with Crippen LogP contribution in [-0.2, 0) is 6.42 Å². The lowest BCUT2D eigenvalue weighted by molar-refractivity contribution is 0.311. The first-order valence-electron chi connectivity index (χ1n) is 8.61. The van der Waals surface area contributed by atoms with Crippen molar-refractivity contribution in [2.45, 2.75) is 59.4 Å². The molecule has 0 saturated carbocycles. The average molecular weight is 288 g/mol. The van der Waals surface area contributed by atoms with Crippen molar-refractivity contribution in [1.82, 2.24) is 0 Å². The van der Waals surface area contributed by atoms with Gasteiger partial charge in [-0.15, -0.1) is 0 Å². The fraction of sp³-hybridized carbons (Fsp3) is 0.684. The molecule has 0 aromatic heterocycles. The van der Waals surface area contributed by atoms with Gasteiger partial charge in [0, 0.05) is 24.8 Å². The van der Waals surface area contributed by atoms with Crippen LogP contribution >= 0.6 is 0 Å². The lowest BCUT2D eigenvalue weighted by atomic mass is 9.86. The molecule has 21 heavy (non-hydrogen) atoms. The summed E-state index contributed by atoms with van der Waals surface area (Å²) in [4.78, 5) is 2.57. The summed E-state index contributed by atoms with van der Waals surface area (Å²) in [5.41, 5.74) is 10.3. The second-order valence-corrected chi connectivity index (χ2v) is 7.06.